The van der Waals surface area contributed by atoms with E-state index < -0.39 is 11.9 Å². The van der Waals surface area contributed by atoms with E-state index in [2.05, 4.69) is 5.32 Å². The van der Waals surface area contributed by atoms with Crippen molar-refractivity contribution in [2.75, 3.05) is 7.05 Å². The second kappa shape index (κ2) is 8.86. The van der Waals surface area contributed by atoms with Gasteiger partial charge in [-0.15, -0.1) is 0 Å². The van der Waals surface area contributed by atoms with Crippen LogP contribution in [0.5, 0.6) is 0 Å². The zero-order valence-electron chi connectivity index (χ0n) is 18.6. The van der Waals surface area contributed by atoms with Crippen molar-refractivity contribution in [2.24, 2.45) is 7.05 Å². The van der Waals surface area contributed by atoms with Gasteiger partial charge < -0.3 is 14.8 Å². The third kappa shape index (κ3) is 4.48. The predicted octanol–water partition coefficient (Wildman–Crippen LogP) is 3.89. The van der Waals surface area contributed by atoms with Crippen LogP contribution in [0, 0.1) is 12.7 Å². The van der Waals surface area contributed by atoms with Crippen molar-refractivity contribution in [3.63, 3.8) is 0 Å². The number of Topliss-reactive ketones (excluding diaryl/α,β-unsaturated/α-hetero) is 1. The second-order valence-corrected chi connectivity index (χ2v) is 8.21. The lowest BCUT2D eigenvalue weighted by Crippen LogP contribution is -2.43. The van der Waals surface area contributed by atoms with Gasteiger partial charge in [-0.1, -0.05) is 30.3 Å². The van der Waals surface area contributed by atoms with E-state index in [0.29, 0.717) is 16.7 Å². The summed E-state index contributed by atoms with van der Waals surface area (Å²) in [7, 11) is 3.26. The van der Waals surface area contributed by atoms with Gasteiger partial charge >= 0.3 is 6.03 Å². The summed E-state index contributed by atoms with van der Waals surface area (Å²) in [6.45, 7) is 1.91. The lowest BCUT2D eigenvalue weighted by molar-refractivity contribution is -0.115. The van der Waals surface area contributed by atoms with Gasteiger partial charge in [0.05, 0.1) is 6.04 Å². The smallest absolute Gasteiger partial charge is 0.321 e. The number of halogens is 1. The number of aryl methyl sites for hydroxylation is 2. The van der Waals surface area contributed by atoms with Crippen LogP contribution >= 0.6 is 0 Å². The molecule has 3 aromatic rings. The van der Waals surface area contributed by atoms with E-state index in [4.69, 9.17) is 0 Å². The van der Waals surface area contributed by atoms with E-state index in [9.17, 15) is 18.8 Å². The van der Waals surface area contributed by atoms with Gasteiger partial charge in [0.15, 0.2) is 5.78 Å². The number of nitrogens with zero attached hydrogens (tertiary/aromatic N) is 2. The molecule has 1 N–H and O–H groups in total. The average Bonchev–Trinajstić information content (AvgIpc) is 2.79. The Bertz CT molecular complexity index is 1330. The summed E-state index contributed by atoms with van der Waals surface area (Å²) in [6, 6.07) is 13.9. The summed E-state index contributed by atoms with van der Waals surface area (Å²) in [5, 5.41) is 2.82. The van der Waals surface area contributed by atoms with Gasteiger partial charge in [0, 0.05) is 44.0 Å². The van der Waals surface area contributed by atoms with Crippen LogP contribution < -0.4 is 10.9 Å². The van der Waals surface area contributed by atoms with Gasteiger partial charge in [0.25, 0.3) is 5.56 Å². The molecule has 0 saturated carbocycles. The molecule has 0 saturated heterocycles. The molecule has 168 valence electrons. The van der Waals surface area contributed by atoms with Gasteiger partial charge in [-0.25, -0.2) is 9.18 Å². The monoisotopic (exact) mass is 445 g/mol. The Labute approximate surface area is 191 Å². The van der Waals surface area contributed by atoms with Gasteiger partial charge in [0.1, 0.15) is 5.82 Å². The number of carbonyl (C=O) groups is 2. The molecule has 33 heavy (non-hydrogen) atoms. The molecular formula is C26H24FN3O3. The summed E-state index contributed by atoms with van der Waals surface area (Å²) in [5.41, 5.74) is 3.92. The summed E-state index contributed by atoms with van der Waals surface area (Å²) in [4.78, 5) is 39.5. The average molecular weight is 445 g/mol. The van der Waals surface area contributed by atoms with Crippen LogP contribution in [0.25, 0.3) is 11.1 Å². The van der Waals surface area contributed by atoms with E-state index in [0.717, 1.165) is 16.7 Å². The molecule has 1 aliphatic heterocycles. The molecule has 2 heterocycles. The molecular weight excluding hydrogens is 421 g/mol. The fraction of sp³-hybridized carbons (Fsp3) is 0.192. The first-order valence-electron chi connectivity index (χ1n) is 10.5. The maximum atomic E-state index is 13.4. The Morgan fingerprint density at radius 2 is 1.79 bits per heavy atom. The number of pyridine rings is 1. The standard InChI is InChI=1S/C26H24FN3O3/c1-16-6-7-18(21-5-4-12-29(2)25(21)32)13-19(16)14-23(31)22-15-30(3)26(33)28-24(22)17-8-10-20(27)11-9-17/h4-13,15,24H,14H2,1-3H3,(H,28,33)/t24-/m0/s1. The predicted molar refractivity (Wildman–Crippen MR) is 124 cm³/mol. The molecule has 4 rings (SSSR count). The van der Waals surface area contributed by atoms with Gasteiger partial charge in [-0.3, -0.25) is 9.59 Å². The zero-order chi connectivity index (χ0) is 23.7. The van der Waals surface area contributed by atoms with E-state index in [1.165, 1.54) is 27.8 Å². The summed E-state index contributed by atoms with van der Waals surface area (Å²) in [6.07, 6.45) is 3.32. The number of benzene rings is 2. The van der Waals surface area contributed by atoms with Crippen LogP contribution in [0.4, 0.5) is 9.18 Å². The van der Waals surface area contributed by atoms with Crippen molar-refractivity contribution in [1.29, 1.82) is 0 Å². The molecule has 1 atom stereocenters. The number of rotatable bonds is 5. The van der Waals surface area contributed by atoms with Crippen molar-refractivity contribution in [1.82, 2.24) is 14.8 Å². The van der Waals surface area contributed by atoms with Gasteiger partial charge in [0.2, 0.25) is 0 Å². The molecule has 2 amide bonds. The van der Waals surface area contributed by atoms with Crippen molar-refractivity contribution < 1.29 is 14.0 Å². The van der Waals surface area contributed by atoms with Crippen LogP contribution in [0.1, 0.15) is 22.7 Å². The lowest BCUT2D eigenvalue weighted by Gasteiger charge is -2.30. The molecule has 0 radical (unpaired) electrons. The normalized spacial score (nSPS) is 15.8. The molecule has 1 aromatic heterocycles. The van der Waals surface area contributed by atoms with E-state index in [1.54, 1.807) is 44.6 Å². The highest BCUT2D eigenvalue weighted by Gasteiger charge is 2.30. The Kier molecular flexibility index (Phi) is 5.96. The number of hydrogen-bond acceptors (Lipinski definition) is 3. The van der Waals surface area contributed by atoms with Crippen LogP contribution in [-0.4, -0.2) is 28.3 Å². The Balaban J connectivity index is 1.68. The fourth-order valence-corrected chi connectivity index (χ4v) is 3.92. The number of hydrogen-bond donors (Lipinski definition) is 1. The summed E-state index contributed by atoms with van der Waals surface area (Å²) >= 11 is 0. The zero-order valence-corrected chi connectivity index (χ0v) is 18.6. The molecule has 2 aromatic carbocycles. The van der Waals surface area contributed by atoms with Crippen LogP contribution in [-0.2, 0) is 18.3 Å². The minimum absolute atomic E-state index is 0.0973. The van der Waals surface area contributed by atoms with Crippen molar-refractivity contribution in [2.45, 2.75) is 19.4 Å². The number of ketones is 1. The molecule has 0 bridgehead atoms. The first kappa shape index (κ1) is 22.2. The van der Waals surface area contributed by atoms with E-state index in [1.807, 2.05) is 25.1 Å². The first-order valence-corrected chi connectivity index (χ1v) is 10.5. The number of aromatic nitrogens is 1. The molecule has 7 heteroatoms. The molecule has 6 nitrogen and oxygen atoms in total. The minimum Gasteiger partial charge on any atom is -0.327 e. The highest BCUT2D eigenvalue weighted by atomic mass is 19.1. The van der Waals surface area contributed by atoms with Crippen molar-refractivity contribution >= 4 is 11.8 Å². The summed E-state index contributed by atoms with van der Waals surface area (Å²) in [5.74, 6) is -0.563. The van der Waals surface area contributed by atoms with Crippen LogP contribution in [0.15, 0.2) is 77.4 Å². The van der Waals surface area contributed by atoms with Crippen molar-refractivity contribution in [3.05, 3.63) is 105 Å². The third-order valence-electron chi connectivity index (χ3n) is 5.89. The van der Waals surface area contributed by atoms with Gasteiger partial charge in [-0.05, 0) is 53.4 Å². The van der Waals surface area contributed by atoms with E-state index in [-0.39, 0.29) is 23.8 Å². The fourth-order valence-electron chi connectivity index (χ4n) is 3.92. The number of urea groups is 1. The highest BCUT2D eigenvalue weighted by Crippen LogP contribution is 2.29. The Morgan fingerprint density at radius 1 is 1.06 bits per heavy atom. The molecule has 0 fully saturated rings. The Hall–Kier alpha value is -4.00. The largest absolute Gasteiger partial charge is 0.327 e. The van der Waals surface area contributed by atoms with Crippen LogP contribution in [0.2, 0.25) is 0 Å². The highest BCUT2D eigenvalue weighted by molar-refractivity contribution is 6.00. The maximum Gasteiger partial charge on any atom is 0.321 e. The maximum absolute atomic E-state index is 13.4. The first-order chi connectivity index (χ1) is 15.7. The second-order valence-electron chi connectivity index (χ2n) is 8.21. The topological polar surface area (TPSA) is 71.4 Å². The van der Waals surface area contributed by atoms with Crippen LogP contribution in [0.3, 0.4) is 0 Å². The number of amides is 2. The SMILES string of the molecule is Cc1ccc(-c2cccn(C)c2=O)cc1CC(=O)C1=CN(C)C(=O)N[C@H]1c1ccc(F)cc1. The molecule has 0 spiro atoms. The Morgan fingerprint density at radius 3 is 2.52 bits per heavy atom. The van der Waals surface area contributed by atoms with E-state index >= 15 is 0 Å². The molecule has 1 aliphatic rings. The lowest BCUT2D eigenvalue weighted by atomic mass is 9.90. The quantitative estimate of drug-likeness (QED) is 0.648. The number of carbonyl (C=O) groups excluding carboxylic acids is 2. The summed E-state index contributed by atoms with van der Waals surface area (Å²) < 4.78 is 14.9. The van der Waals surface area contributed by atoms with Crippen molar-refractivity contribution in [3.8, 4) is 11.1 Å². The molecule has 0 aliphatic carbocycles. The molecule has 0 unspecified atom stereocenters. The number of nitrogens with one attached hydrogen (secondary N) is 1. The minimum atomic E-state index is -0.674. The third-order valence-corrected chi connectivity index (χ3v) is 5.89. The van der Waals surface area contributed by atoms with Gasteiger partial charge in [-0.2, -0.15) is 0 Å².